The van der Waals surface area contributed by atoms with Crippen LogP contribution in [0.4, 0.5) is 5.69 Å². The first-order valence-corrected chi connectivity index (χ1v) is 10.2. The van der Waals surface area contributed by atoms with Gasteiger partial charge in [0.15, 0.2) is 5.11 Å². The number of nitrogens with zero attached hydrogens (tertiary/aromatic N) is 1. The predicted molar refractivity (Wildman–Crippen MR) is 111 cm³/mol. The van der Waals surface area contributed by atoms with E-state index in [1.54, 1.807) is 12.1 Å². The van der Waals surface area contributed by atoms with Gasteiger partial charge in [0, 0.05) is 26.3 Å². The lowest BCUT2D eigenvalue weighted by atomic mass is 10.1. The van der Waals surface area contributed by atoms with E-state index < -0.39 is 10.0 Å². The van der Waals surface area contributed by atoms with Crippen molar-refractivity contribution < 1.29 is 8.42 Å². The number of hydrogen-bond donors (Lipinski definition) is 2. The molecular formula is C19H25N3O2S2. The first-order chi connectivity index (χ1) is 12.2. The molecule has 0 bridgehead atoms. The monoisotopic (exact) mass is 391 g/mol. The van der Waals surface area contributed by atoms with Crippen LogP contribution in [0.5, 0.6) is 0 Å². The summed E-state index contributed by atoms with van der Waals surface area (Å²) in [4.78, 5) is 0.250. The molecule has 0 fully saturated rings. The standard InChI is InChI=1S/C19H25N3O2S2/c1-14-12-17(26(23,24)22(3)4)13-18(15(14)2)21-19(25)20-11-10-16-8-6-5-7-9-16/h5-9,12-13H,10-11H2,1-4H3,(H2,20,21,25). The molecule has 0 aromatic heterocycles. The lowest BCUT2D eigenvalue weighted by molar-refractivity contribution is 0.520. The fourth-order valence-electron chi connectivity index (χ4n) is 2.45. The van der Waals surface area contributed by atoms with E-state index in [1.165, 1.54) is 24.0 Å². The Labute approximate surface area is 161 Å². The number of benzene rings is 2. The van der Waals surface area contributed by atoms with Crippen LogP contribution in [0.25, 0.3) is 0 Å². The van der Waals surface area contributed by atoms with Gasteiger partial charge in [0.2, 0.25) is 10.0 Å². The van der Waals surface area contributed by atoms with E-state index in [4.69, 9.17) is 12.2 Å². The van der Waals surface area contributed by atoms with Gasteiger partial charge < -0.3 is 10.6 Å². The summed E-state index contributed by atoms with van der Waals surface area (Å²) >= 11 is 5.36. The van der Waals surface area contributed by atoms with Crippen molar-refractivity contribution in [2.75, 3.05) is 26.0 Å². The second kappa shape index (κ2) is 8.62. The maximum absolute atomic E-state index is 12.4. The maximum atomic E-state index is 12.4. The third-order valence-electron chi connectivity index (χ3n) is 4.21. The number of rotatable bonds is 6. The summed E-state index contributed by atoms with van der Waals surface area (Å²) in [5.41, 5.74) is 3.79. The van der Waals surface area contributed by atoms with E-state index in [1.807, 2.05) is 32.0 Å². The van der Waals surface area contributed by atoms with Crippen LogP contribution in [0.15, 0.2) is 47.4 Å². The van der Waals surface area contributed by atoms with Gasteiger partial charge in [-0.2, -0.15) is 0 Å². The third kappa shape index (κ3) is 5.03. The molecular weight excluding hydrogens is 366 g/mol. The molecule has 2 rings (SSSR count). The number of thiocarbonyl (C=S) groups is 1. The van der Waals surface area contributed by atoms with Crippen molar-refractivity contribution in [2.45, 2.75) is 25.2 Å². The molecule has 0 radical (unpaired) electrons. The van der Waals surface area contributed by atoms with E-state index in [2.05, 4.69) is 22.8 Å². The minimum absolute atomic E-state index is 0.250. The van der Waals surface area contributed by atoms with Gasteiger partial charge in [-0.15, -0.1) is 0 Å². The quantitative estimate of drug-likeness (QED) is 0.741. The lowest BCUT2D eigenvalue weighted by Crippen LogP contribution is -2.30. The van der Waals surface area contributed by atoms with E-state index >= 15 is 0 Å². The minimum atomic E-state index is -3.50. The number of sulfonamides is 1. The summed E-state index contributed by atoms with van der Waals surface area (Å²) in [5.74, 6) is 0. The molecule has 140 valence electrons. The van der Waals surface area contributed by atoms with Crippen molar-refractivity contribution in [2.24, 2.45) is 0 Å². The Morgan fingerprint density at radius 1 is 1.12 bits per heavy atom. The molecule has 0 aliphatic rings. The molecule has 2 aromatic rings. The van der Waals surface area contributed by atoms with Crippen molar-refractivity contribution >= 4 is 33.0 Å². The Morgan fingerprint density at radius 3 is 2.38 bits per heavy atom. The van der Waals surface area contributed by atoms with Gasteiger partial charge >= 0.3 is 0 Å². The average Bonchev–Trinajstić information content (AvgIpc) is 2.59. The normalized spacial score (nSPS) is 11.4. The molecule has 0 unspecified atom stereocenters. The van der Waals surface area contributed by atoms with Crippen LogP contribution in [-0.2, 0) is 16.4 Å². The van der Waals surface area contributed by atoms with E-state index in [-0.39, 0.29) is 4.90 Å². The number of anilines is 1. The summed E-state index contributed by atoms with van der Waals surface area (Å²) in [5, 5.41) is 6.77. The number of hydrogen-bond acceptors (Lipinski definition) is 3. The fraction of sp³-hybridized carbons (Fsp3) is 0.316. The SMILES string of the molecule is Cc1cc(S(=O)(=O)N(C)C)cc(NC(=S)NCCc2ccccc2)c1C. The second-order valence-corrected chi connectivity index (χ2v) is 8.88. The van der Waals surface area contributed by atoms with Gasteiger partial charge in [-0.25, -0.2) is 12.7 Å². The van der Waals surface area contributed by atoms with Crippen molar-refractivity contribution in [1.29, 1.82) is 0 Å². The Morgan fingerprint density at radius 2 is 1.77 bits per heavy atom. The van der Waals surface area contributed by atoms with Gasteiger partial charge in [0.05, 0.1) is 4.90 Å². The van der Waals surface area contributed by atoms with Gasteiger partial charge in [-0.05, 0) is 61.3 Å². The molecule has 5 nitrogen and oxygen atoms in total. The number of nitrogens with one attached hydrogen (secondary N) is 2. The highest BCUT2D eigenvalue weighted by molar-refractivity contribution is 7.89. The molecule has 0 atom stereocenters. The molecule has 26 heavy (non-hydrogen) atoms. The molecule has 0 amide bonds. The van der Waals surface area contributed by atoms with Crippen molar-refractivity contribution in [1.82, 2.24) is 9.62 Å². The fourth-order valence-corrected chi connectivity index (χ4v) is 3.67. The lowest BCUT2D eigenvalue weighted by Gasteiger charge is -2.17. The summed E-state index contributed by atoms with van der Waals surface area (Å²) in [7, 11) is -0.455. The molecule has 2 N–H and O–H groups in total. The smallest absolute Gasteiger partial charge is 0.242 e. The first kappa shape index (κ1) is 20.4. The molecule has 0 spiro atoms. The first-order valence-electron chi connectivity index (χ1n) is 8.34. The highest BCUT2D eigenvalue weighted by Crippen LogP contribution is 2.25. The minimum Gasteiger partial charge on any atom is -0.362 e. The van der Waals surface area contributed by atoms with Gasteiger partial charge in [0.1, 0.15) is 0 Å². The zero-order valence-corrected chi connectivity index (χ0v) is 17.2. The van der Waals surface area contributed by atoms with E-state index in [9.17, 15) is 8.42 Å². The summed E-state index contributed by atoms with van der Waals surface area (Å²) in [6, 6.07) is 13.5. The van der Waals surface area contributed by atoms with Crippen molar-refractivity contribution in [3.05, 3.63) is 59.2 Å². The highest BCUT2D eigenvalue weighted by atomic mass is 32.2. The topological polar surface area (TPSA) is 61.4 Å². The zero-order chi connectivity index (χ0) is 19.3. The summed E-state index contributed by atoms with van der Waals surface area (Å²) < 4.78 is 26.0. The van der Waals surface area contributed by atoms with Crippen LogP contribution >= 0.6 is 12.2 Å². The summed E-state index contributed by atoms with van der Waals surface area (Å²) in [6.07, 6.45) is 0.857. The molecule has 7 heteroatoms. The van der Waals surface area contributed by atoms with Crippen LogP contribution in [-0.4, -0.2) is 38.5 Å². The van der Waals surface area contributed by atoms with Gasteiger partial charge in [-0.3, -0.25) is 0 Å². The van der Waals surface area contributed by atoms with E-state index in [0.29, 0.717) is 17.3 Å². The van der Waals surface area contributed by atoms with Crippen LogP contribution in [0.2, 0.25) is 0 Å². The molecule has 2 aromatic carbocycles. The Balaban J connectivity index is 2.08. The van der Waals surface area contributed by atoms with Crippen LogP contribution < -0.4 is 10.6 Å². The van der Waals surface area contributed by atoms with Gasteiger partial charge in [0.25, 0.3) is 0 Å². The number of aryl methyl sites for hydroxylation is 1. The second-order valence-electron chi connectivity index (χ2n) is 6.32. The van der Waals surface area contributed by atoms with Crippen molar-refractivity contribution in [3.63, 3.8) is 0 Å². The third-order valence-corrected chi connectivity index (χ3v) is 6.25. The highest BCUT2D eigenvalue weighted by Gasteiger charge is 2.19. The molecule has 0 aliphatic carbocycles. The van der Waals surface area contributed by atoms with Crippen molar-refractivity contribution in [3.8, 4) is 0 Å². The Hall–Kier alpha value is -1.96. The van der Waals surface area contributed by atoms with Crippen LogP contribution in [0.3, 0.4) is 0 Å². The Kier molecular flexibility index (Phi) is 6.75. The molecule has 0 heterocycles. The molecule has 0 saturated carbocycles. The van der Waals surface area contributed by atoms with Gasteiger partial charge in [-0.1, -0.05) is 30.3 Å². The van der Waals surface area contributed by atoms with E-state index in [0.717, 1.165) is 17.5 Å². The molecule has 0 saturated heterocycles. The average molecular weight is 392 g/mol. The summed E-state index contributed by atoms with van der Waals surface area (Å²) in [6.45, 7) is 4.53. The maximum Gasteiger partial charge on any atom is 0.242 e. The zero-order valence-electron chi connectivity index (χ0n) is 15.5. The Bertz CT molecular complexity index is 879. The largest absolute Gasteiger partial charge is 0.362 e. The van der Waals surface area contributed by atoms with Crippen LogP contribution in [0, 0.1) is 13.8 Å². The molecule has 0 aliphatic heterocycles. The van der Waals surface area contributed by atoms with Crippen LogP contribution in [0.1, 0.15) is 16.7 Å². The predicted octanol–water partition coefficient (Wildman–Crippen LogP) is 3.08.